The number of ether oxygens (including phenoxy) is 1. The topological polar surface area (TPSA) is 128 Å². The van der Waals surface area contributed by atoms with E-state index in [0.29, 0.717) is 5.03 Å². The molecule has 1 N–H and O–H groups in total. The van der Waals surface area contributed by atoms with E-state index in [0.717, 1.165) is 6.26 Å². The molecule has 2 aliphatic heterocycles. The zero-order valence-electron chi connectivity index (χ0n) is 11.9. The zero-order valence-corrected chi connectivity index (χ0v) is 13.5. The zero-order chi connectivity index (χ0) is 16.6. The van der Waals surface area contributed by atoms with Crippen LogP contribution in [0.15, 0.2) is 11.2 Å². The Kier molecular flexibility index (Phi) is 4.12. The highest BCUT2D eigenvalue weighted by Gasteiger charge is 2.35. The van der Waals surface area contributed by atoms with E-state index in [1.165, 1.54) is 22.9 Å². The van der Waals surface area contributed by atoms with Gasteiger partial charge in [0.25, 0.3) is 10.1 Å². The summed E-state index contributed by atoms with van der Waals surface area (Å²) in [6, 6.07) is 0. The largest absolute Gasteiger partial charge is 0.441 e. The maximum absolute atomic E-state index is 11.9. The van der Waals surface area contributed by atoms with Crippen molar-refractivity contribution in [3.8, 4) is 0 Å². The number of aromatic nitrogens is 2. The molecule has 10 nitrogen and oxygen atoms in total. The molecule has 12 heteroatoms. The Hall–Kier alpha value is -1.92. The van der Waals surface area contributed by atoms with Gasteiger partial charge in [-0.15, -0.1) is 0 Å². The lowest BCUT2D eigenvalue weighted by Crippen LogP contribution is -2.28. The summed E-state index contributed by atoms with van der Waals surface area (Å²) in [6.07, 6.45) is 0.886. The van der Waals surface area contributed by atoms with Gasteiger partial charge < -0.3 is 10.1 Å². The van der Waals surface area contributed by atoms with Crippen LogP contribution in [0.25, 0.3) is 0 Å². The maximum atomic E-state index is 11.9. The SMILES string of the molecule is CS(=O)(=O)OC[C@@H]1CN(c2cnc3c(n2)NC(=O)CS3)C(=O)O1. The van der Waals surface area contributed by atoms with Crippen LogP contribution in [0.3, 0.4) is 0 Å². The van der Waals surface area contributed by atoms with Crippen molar-refractivity contribution in [1.82, 2.24) is 9.97 Å². The van der Waals surface area contributed by atoms with Crippen LogP contribution in [0.1, 0.15) is 0 Å². The lowest BCUT2D eigenvalue weighted by atomic mass is 10.4. The molecule has 1 saturated heterocycles. The van der Waals surface area contributed by atoms with Crippen LogP contribution in [0, 0.1) is 0 Å². The predicted molar refractivity (Wildman–Crippen MR) is 79.8 cm³/mol. The predicted octanol–water partition coefficient (Wildman–Crippen LogP) is -0.178. The molecule has 0 unspecified atom stereocenters. The van der Waals surface area contributed by atoms with Gasteiger partial charge in [0.2, 0.25) is 5.91 Å². The number of carbonyl (C=O) groups excluding carboxylic acids is 2. The first-order chi connectivity index (χ1) is 10.8. The van der Waals surface area contributed by atoms with Gasteiger partial charge in [0, 0.05) is 0 Å². The Labute approximate surface area is 135 Å². The van der Waals surface area contributed by atoms with Crippen LogP contribution < -0.4 is 10.2 Å². The van der Waals surface area contributed by atoms with E-state index in [9.17, 15) is 18.0 Å². The number of amides is 2. The fourth-order valence-corrected chi connectivity index (χ4v) is 3.08. The molecule has 0 radical (unpaired) electrons. The van der Waals surface area contributed by atoms with Crippen molar-refractivity contribution in [2.24, 2.45) is 0 Å². The summed E-state index contributed by atoms with van der Waals surface area (Å²) >= 11 is 1.25. The Morgan fingerprint density at radius 2 is 2.30 bits per heavy atom. The highest BCUT2D eigenvalue weighted by molar-refractivity contribution is 8.00. The number of hydrogen-bond acceptors (Lipinski definition) is 9. The minimum absolute atomic E-state index is 0.0723. The van der Waals surface area contributed by atoms with Crippen LogP contribution in [0.4, 0.5) is 16.4 Å². The van der Waals surface area contributed by atoms with Crippen LogP contribution in [0.5, 0.6) is 0 Å². The Bertz CT molecular complexity index is 768. The molecule has 1 aromatic heterocycles. The highest BCUT2D eigenvalue weighted by Crippen LogP contribution is 2.30. The highest BCUT2D eigenvalue weighted by atomic mass is 32.2. The molecule has 0 bridgehead atoms. The Morgan fingerprint density at radius 3 is 3.04 bits per heavy atom. The fourth-order valence-electron chi connectivity index (χ4n) is 1.98. The molecule has 2 aliphatic rings. The first-order valence-corrected chi connectivity index (χ1v) is 9.24. The molecule has 0 saturated carbocycles. The average molecular weight is 360 g/mol. The Balaban J connectivity index is 1.73. The number of thioether (sulfide) groups is 1. The van der Waals surface area contributed by atoms with E-state index < -0.39 is 22.3 Å². The standard InChI is InChI=1S/C11H12N4O6S2/c1-23(18,19)20-4-6-3-15(11(17)21-6)7-2-12-10-9(13-7)14-8(16)5-22-10/h2,6H,3-5H2,1H3,(H,13,14,16)/t6-/m0/s1. The van der Waals surface area contributed by atoms with Gasteiger partial charge in [-0.05, 0) is 0 Å². The van der Waals surface area contributed by atoms with Crippen molar-refractivity contribution in [2.75, 3.05) is 35.4 Å². The van der Waals surface area contributed by atoms with Crippen LogP contribution in [0.2, 0.25) is 0 Å². The van der Waals surface area contributed by atoms with Gasteiger partial charge in [-0.25, -0.2) is 14.8 Å². The second kappa shape index (κ2) is 5.94. The number of hydrogen-bond donors (Lipinski definition) is 1. The number of anilines is 2. The molecule has 1 fully saturated rings. The van der Waals surface area contributed by atoms with E-state index in [1.807, 2.05) is 0 Å². The maximum Gasteiger partial charge on any atom is 0.416 e. The van der Waals surface area contributed by atoms with Crippen molar-refractivity contribution >= 4 is 45.5 Å². The number of cyclic esters (lactones) is 1. The number of carbonyl (C=O) groups is 2. The molecular weight excluding hydrogens is 348 g/mol. The molecule has 0 spiro atoms. The monoisotopic (exact) mass is 360 g/mol. The summed E-state index contributed by atoms with van der Waals surface area (Å²) in [4.78, 5) is 32.8. The van der Waals surface area contributed by atoms with Gasteiger partial charge in [-0.2, -0.15) is 8.42 Å². The van der Waals surface area contributed by atoms with Crippen LogP contribution >= 0.6 is 11.8 Å². The van der Waals surface area contributed by atoms with Crippen LogP contribution in [-0.2, 0) is 23.8 Å². The summed E-state index contributed by atoms with van der Waals surface area (Å²) in [6.45, 7) is -0.199. The lowest BCUT2D eigenvalue weighted by Gasteiger charge is -2.17. The van der Waals surface area contributed by atoms with Gasteiger partial charge >= 0.3 is 6.09 Å². The summed E-state index contributed by atoms with van der Waals surface area (Å²) in [5, 5.41) is 3.15. The van der Waals surface area contributed by atoms with Crippen molar-refractivity contribution in [1.29, 1.82) is 0 Å². The number of nitrogens with zero attached hydrogens (tertiary/aromatic N) is 3. The molecular formula is C11H12N4O6S2. The minimum atomic E-state index is -3.62. The molecule has 3 rings (SSSR count). The van der Waals surface area contributed by atoms with Crippen molar-refractivity contribution in [3.63, 3.8) is 0 Å². The number of rotatable bonds is 4. The Morgan fingerprint density at radius 1 is 1.52 bits per heavy atom. The van der Waals surface area contributed by atoms with Gasteiger partial charge in [-0.3, -0.25) is 13.9 Å². The fraction of sp³-hybridized carbons (Fsp3) is 0.455. The molecule has 2 amide bonds. The van der Waals surface area contributed by atoms with Crippen molar-refractivity contribution in [2.45, 2.75) is 11.1 Å². The van der Waals surface area contributed by atoms with E-state index in [4.69, 9.17) is 4.74 Å². The normalized spacial score (nSPS) is 20.9. The first kappa shape index (κ1) is 16.0. The van der Waals surface area contributed by atoms with Gasteiger partial charge in [0.15, 0.2) is 11.6 Å². The van der Waals surface area contributed by atoms with Crippen molar-refractivity contribution in [3.05, 3.63) is 6.20 Å². The average Bonchev–Trinajstić information content (AvgIpc) is 2.85. The van der Waals surface area contributed by atoms with E-state index in [1.54, 1.807) is 0 Å². The third-order valence-corrected chi connectivity index (χ3v) is 4.49. The third-order valence-electron chi connectivity index (χ3n) is 2.94. The number of fused-ring (bicyclic) bond motifs is 1. The van der Waals surface area contributed by atoms with Crippen LogP contribution in [-0.4, -0.2) is 61.7 Å². The summed E-state index contributed by atoms with van der Waals surface area (Å²) in [5.41, 5.74) is 0. The smallest absolute Gasteiger partial charge is 0.416 e. The van der Waals surface area contributed by atoms with Gasteiger partial charge in [-0.1, -0.05) is 11.8 Å². The first-order valence-electron chi connectivity index (χ1n) is 6.44. The van der Waals surface area contributed by atoms with Crippen molar-refractivity contribution < 1.29 is 26.9 Å². The third kappa shape index (κ3) is 3.71. The molecule has 23 heavy (non-hydrogen) atoms. The minimum Gasteiger partial charge on any atom is -0.441 e. The van der Waals surface area contributed by atoms with E-state index >= 15 is 0 Å². The van der Waals surface area contributed by atoms with E-state index in [2.05, 4.69) is 19.5 Å². The molecule has 1 aromatic rings. The molecule has 0 aromatic carbocycles. The summed E-state index contributed by atoms with van der Waals surface area (Å²) in [5.74, 6) is 0.556. The van der Waals surface area contributed by atoms with Gasteiger partial charge in [0.05, 0.1) is 24.8 Å². The second-order valence-electron chi connectivity index (χ2n) is 4.82. The van der Waals surface area contributed by atoms with Gasteiger partial charge in [0.1, 0.15) is 17.7 Å². The molecule has 1 atom stereocenters. The molecule has 3 heterocycles. The summed E-state index contributed by atoms with van der Waals surface area (Å²) < 4.78 is 31.6. The lowest BCUT2D eigenvalue weighted by molar-refractivity contribution is -0.113. The number of nitrogens with one attached hydrogen (secondary N) is 1. The summed E-state index contributed by atoms with van der Waals surface area (Å²) in [7, 11) is -3.62. The van der Waals surface area contributed by atoms with E-state index in [-0.39, 0.29) is 36.4 Å². The second-order valence-corrected chi connectivity index (χ2v) is 7.43. The quantitative estimate of drug-likeness (QED) is 0.727. The molecule has 0 aliphatic carbocycles. The molecule has 124 valence electrons.